The minimum Gasteiger partial charge on any atom is -0.491 e. The van der Waals surface area contributed by atoms with E-state index in [1.54, 1.807) is 24.3 Å². The van der Waals surface area contributed by atoms with E-state index in [1.165, 1.54) is 0 Å². The third-order valence-electron chi connectivity index (χ3n) is 3.64. The summed E-state index contributed by atoms with van der Waals surface area (Å²) in [7, 11) is -3.25. The number of hydrogen-bond acceptors (Lipinski definition) is 4. The van der Waals surface area contributed by atoms with Crippen LogP contribution in [0, 0.1) is 0 Å². The highest BCUT2D eigenvalue weighted by atomic mass is 32.2. The molecule has 0 radical (unpaired) electrons. The first-order chi connectivity index (χ1) is 10.6. The average molecular weight is 318 g/mol. The van der Waals surface area contributed by atoms with Crippen molar-refractivity contribution < 1.29 is 17.9 Å². The standard InChI is InChI=1S/C17H18O4S/c18-22(19,16-4-2-1-3-5-16)11-8-14-6-7-15-13-20-9-10-21-17(15)12-14/h1-7,12H,8-11,13H2. The summed E-state index contributed by atoms with van der Waals surface area (Å²) in [5.74, 6) is 0.888. The molecule has 1 aliphatic heterocycles. The molecular formula is C17H18O4S. The number of sulfone groups is 1. The van der Waals surface area contributed by atoms with Crippen LogP contribution in [-0.2, 0) is 27.6 Å². The number of hydrogen-bond donors (Lipinski definition) is 0. The van der Waals surface area contributed by atoms with Crippen LogP contribution in [0.3, 0.4) is 0 Å². The predicted molar refractivity (Wildman–Crippen MR) is 83.8 cm³/mol. The van der Waals surface area contributed by atoms with E-state index in [0.717, 1.165) is 16.9 Å². The second-order valence-electron chi connectivity index (χ2n) is 5.23. The number of rotatable bonds is 4. The van der Waals surface area contributed by atoms with E-state index in [2.05, 4.69) is 0 Å². The van der Waals surface area contributed by atoms with Crippen molar-refractivity contribution >= 4 is 9.84 Å². The molecule has 0 unspecified atom stereocenters. The van der Waals surface area contributed by atoms with Crippen molar-refractivity contribution in [1.82, 2.24) is 0 Å². The van der Waals surface area contributed by atoms with Gasteiger partial charge in [0.2, 0.25) is 0 Å². The molecular weight excluding hydrogens is 300 g/mol. The lowest BCUT2D eigenvalue weighted by Gasteiger charge is -2.09. The Balaban J connectivity index is 1.73. The van der Waals surface area contributed by atoms with E-state index in [0.29, 0.717) is 31.1 Å². The average Bonchev–Trinajstić information content (AvgIpc) is 2.78. The maximum atomic E-state index is 12.3. The van der Waals surface area contributed by atoms with Gasteiger partial charge in [-0.3, -0.25) is 0 Å². The molecule has 0 aliphatic carbocycles. The molecule has 3 rings (SSSR count). The summed E-state index contributed by atoms with van der Waals surface area (Å²) < 4.78 is 35.6. The number of aryl methyl sites for hydroxylation is 1. The molecule has 2 aromatic carbocycles. The Morgan fingerprint density at radius 3 is 2.64 bits per heavy atom. The third-order valence-corrected chi connectivity index (χ3v) is 5.37. The van der Waals surface area contributed by atoms with Crippen molar-refractivity contribution in [2.45, 2.75) is 17.9 Å². The maximum absolute atomic E-state index is 12.3. The van der Waals surface area contributed by atoms with Crippen LogP contribution in [0.2, 0.25) is 0 Å². The van der Waals surface area contributed by atoms with E-state index in [-0.39, 0.29) is 5.75 Å². The monoisotopic (exact) mass is 318 g/mol. The molecule has 0 fully saturated rings. The molecule has 0 saturated heterocycles. The molecule has 5 heteroatoms. The molecule has 1 heterocycles. The summed E-state index contributed by atoms with van der Waals surface area (Å²) >= 11 is 0. The number of fused-ring (bicyclic) bond motifs is 1. The molecule has 0 amide bonds. The van der Waals surface area contributed by atoms with Gasteiger partial charge in [-0.15, -0.1) is 0 Å². The minimum absolute atomic E-state index is 0.0896. The Kier molecular flexibility index (Phi) is 4.45. The van der Waals surface area contributed by atoms with E-state index < -0.39 is 9.84 Å². The Morgan fingerprint density at radius 2 is 1.82 bits per heavy atom. The Morgan fingerprint density at radius 1 is 1.00 bits per heavy atom. The van der Waals surface area contributed by atoms with Crippen molar-refractivity contribution in [1.29, 1.82) is 0 Å². The minimum atomic E-state index is -3.25. The fourth-order valence-corrected chi connectivity index (χ4v) is 3.71. The zero-order chi connectivity index (χ0) is 15.4. The largest absolute Gasteiger partial charge is 0.491 e. The van der Waals surface area contributed by atoms with Gasteiger partial charge >= 0.3 is 0 Å². The van der Waals surface area contributed by atoms with Crippen molar-refractivity contribution in [3.63, 3.8) is 0 Å². The summed E-state index contributed by atoms with van der Waals surface area (Å²) in [6.45, 7) is 1.64. The van der Waals surface area contributed by atoms with Crippen LogP contribution in [-0.4, -0.2) is 27.4 Å². The molecule has 0 saturated carbocycles. The van der Waals surface area contributed by atoms with E-state index >= 15 is 0 Å². The van der Waals surface area contributed by atoms with Gasteiger partial charge in [0, 0.05) is 5.56 Å². The Bertz CT molecular complexity index is 739. The SMILES string of the molecule is O=S(=O)(CCc1ccc2c(c1)OCCOC2)c1ccccc1. The van der Waals surface area contributed by atoms with Gasteiger partial charge in [-0.2, -0.15) is 0 Å². The van der Waals surface area contributed by atoms with E-state index in [9.17, 15) is 8.42 Å². The Hall–Kier alpha value is -1.85. The lowest BCUT2D eigenvalue weighted by molar-refractivity contribution is 0.107. The van der Waals surface area contributed by atoms with Crippen LogP contribution in [0.5, 0.6) is 5.75 Å². The Labute approximate surface area is 130 Å². The van der Waals surface area contributed by atoms with Crippen LogP contribution < -0.4 is 4.74 Å². The van der Waals surface area contributed by atoms with Crippen LogP contribution in [0.1, 0.15) is 11.1 Å². The first kappa shape index (κ1) is 15.1. The van der Waals surface area contributed by atoms with Gasteiger partial charge in [-0.1, -0.05) is 30.3 Å². The first-order valence-electron chi connectivity index (χ1n) is 7.25. The molecule has 0 aromatic heterocycles. The zero-order valence-electron chi connectivity index (χ0n) is 12.2. The van der Waals surface area contributed by atoms with Crippen LogP contribution in [0.25, 0.3) is 0 Å². The zero-order valence-corrected chi connectivity index (χ0v) is 13.0. The highest BCUT2D eigenvalue weighted by Gasteiger charge is 2.15. The highest BCUT2D eigenvalue weighted by Crippen LogP contribution is 2.24. The second kappa shape index (κ2) is 6.50. The highest BCUT2D eigenvalue weighted by molar-refractivity contribution is 7.91. The summed E-state index contributed by atoms with van der Waals surface area (Å²) in [6, 6.07) is 14.4. The molecule has 0 bridgehead atoms. The smallest absolute Gasteiger partial charge is 0.178 e. The van der Waals surface area contributed by atoms with Gasteiger partial charge in [-0.05, 0) is 30.2 Å². The summed E-state index contributed by atoms with van der Waals surface area (Å²) in [5.41, 5.74) is 1.97. The van der Waals surface area contributed by atoms with Crippen molar-refractivity contribution in [3.8, 4) is 5.75 Å². The molecule has 0 atom stereocenters. The maximum Gasteiger partial charge on any atom is 0.178 e. The fraction of sp³-hybridized carbons (Fsp3) is 0.294. The van der Waals surface area contributed by atoms with Crippen LogP contribution in [0.15, 0.2) is 53.4 Å². The number of benzene rings is 2. The van der Waals surface area contributed by atoms with Gasteiger partial charge < -0.3 is 9.47 Å². The van der Waals surface area contributed by atoms with Gasteiger partial charge in [0.25, 0.3) is 0 Å². The molecule has 2 aromatic rings. The predicted octanol–water partition coefficient (Wildman–Crippen LogP) is 2.61. The van der Waals surface area contributed by atoms with Gasteiger partial charge in [0.15, 0.2) is 9.84 Å². The molecule has 0 N–H and O–H groups in total. The topological polar surface area (TPSA) is 52.6 Å². The van der Waals surface area contributed by atoms with E-state index in [4.69, 9.17) is 9.47 Å². The lowest BCUT2D eigenvalue weighted by atomic mass is 10.1. The molecule has 22 heavy (non-hydrogen) atoms. The van der Waals surface area contributed by atoms with E-state index in [1.807, 2.05) is 24.3 Å². The fourth-order valence-electron chi connectivity index (χ4n) is 2.40. The normalized spacial score (nSPS) is 14.7. The summed E-state index contributed by atoms with van der Waals surface area (Å²) in [4.78, 5) is 0.370. The molecule has 4 nitrogen and oxygen atoms in total. The second-order valence-corrected chi connectivity index (χ2v) is 7.33. The number of ether oxygens (including phenoxy) is 2. The van der Waals surface area contributed by atoms with Gasteiger partial charge in [-0.25, -0.2) is 8.42 Å². The van der Waals surface area contributed by atoms with Gasteiger partial charge in [0.05, 0.1) is 23.9 Å². The molecule has 116 valence electrons. The lowest BCUT2D eigenvalue weighted by Crippen LogP contribution is -2.09. The molecule has 0 spiro atoms. The molecule has 1 aliphatic rings. The van der Waals surface area contributed by atoms with Gasteiger partial charge in [0.1, 0.15) is 12.4 Å². The summed E-state index contributed by atoms with van der Waals surface area (Å²) in [5, 5.41) is 0. The van der Waals surface area contributed by atoms with Crippen molar-refractivity contribution in [2.75, 3.05) is 19.0 Å². The van der Waals surface area contributed by atoms with Crippen LogP contribution in [0.4, 0.5) is 0 Å². The van der Waals surface area contributed by atoms with Crippen molar-refractivity contribution in [3.05, 3.63) is 59.7 Å². The van der Waals surface area contributed by atoms with Crippen molar-refractivity contribution in [2.24, 2.45) is 0 Å². The third kappa shape index (κ3) is 3.48. The summed E-state index contributed by atoms with van der Waals surface area (Å²) in [6.07, 6.45) is 0.467. The van der Waals surface area contributed by atoms with Crippen LogP contribution >= 0.6 is 0 Å². The first-order valence-corrected chi connectivity index (χ1v) is 8.90. The quantitative estimate of drug-likeness (QED) is 0.869.